The highest BCUT2D eigenvalue weighted by molar-refractivity contribution is 5.79. The van der Waals surface area contributed by atoms with Crippen molar-refractivity contribution in [3.8, 4) is 0 Å². The summed E-state index contributed by atoms with van der Waals surface area (Å²) in [7, 11) is 0. The molecular weight excluding hydrogens is 316 g/mol. The van der Waals surface area contributed by atoms with Gasteiger partial charge in [-0.1, -0.05) is 13.8 Å². The van der Waals surface area contributed by atoms with E-state index in [1.807, 2.05) is 21.2 Å². The summed E-state index contributed by atoms with van der Waals surface area (Å²) in [5.41, 5.74) is 3.16. The summed E-state index contributed by atoms with van der Waals surface area (Å²) in [5.74, 6) is 0.715. The van der Waals surface area contributed by atoms with Crippen LogP contribution in [-0.2, 0) is 17.8 Å². The van der Waals surface area contributed by atoms with Crippen molar-refractivity contribution < 1.29 is 4.79 Å². The van der Waals surface area contributed by atoms with Crippen molar-refractivity contribution >= 4 is 5.91 Å². The number of likely N-dealkylation sites (tertiary alicyclic amines) is 1. The maximum atomic E-state index is 12.9. The minimum Gasteiger partial charge on any atom is -0.340 e. The molecule has 1 atom stereocenters. The number of carbonyl (C=O) groups excluding carboxylic acids is 1. The first-order valence-corrected chi connectivity index (χ1v) is 9.10. The number of nitrogens with zero attached hydrogens (tertiary/aromatic N) is 6. The van der Waals surface area contributed by atoms with Crippen molar-refractivity contribution in [2.24, 2.45) is 5.92 Å². The first-order valence-electron chi connectivity index (χ1n) is 9.10. The van der Waals surface area contributed by atoms with E-state index >= 15 is 0 Å². The van der Waals surface area contributed by atoms with E-state index in [9.17, 15) is 4.79 Å². The number of aryl methyl sites for hydroxylation is 1. The lowest BCUT2D eigenvalue weighted by Crippen LogP contribution is -2.41. The van der Waals surface area contributed by atoms with E-state index in [0.29, 0.717) is 18.9 Å². The van der Waals surface area contributed by atoms with Crippen molar-refractivity contribution in [3.05, 3.63) is 29.6 Å². The van der Waals surface area contributed by atoms with Crippen LogP contribution in [-0.4, -0.2) is 48.4 Å². The summed E-state index contributed by atoms with van der Waals surface area (Å²) in [5, 5.41) is 8.86. The molecule has 1 aliphatic heterocycles. The van der Waals surface area contributed by atoms with Crippen LogP contribution in [0.5, 0.6) is 0 Å². The van der Waals surface area contributed by atoms with E-state index in [2.05, 4.69) is 36.0 Å². The fourth-order valence-electron chi connectivity index (χ4n) is 3.58. The van der Waals surface area contributed by atoms with Crippen molar-refractivity contribution in [1.29, 1.82) is 0 Å². The van der Waals surface area contributed by atoms with Crippen LogP contribution >= 0.6 is 0 Å². The summed E-state index contributed by atoms with van der Waals surface area (Å²) < 4.78 is 3.91. The molecule has 0 spiro atoms. The molecule has 0 radical (unpaired) electrons. The van der Waals surface area contributed by atoms with E-state index in [0.717, 1.165) is 42.9 Å². The Hall–Kier alpha value is -2.18. The zero-order chi connectivity index (χ0) is 18.0. The first-order chi connectivity index (χ1) is 12.0. The lowest BCUT2D eigenvalue weighted by atomic mass is 10.0. The maximum absolute atomic E-state index is 12.9. The average Bonchev–Trinajstić information content (AvgIpc) is 3.19. The van der Waals surface area contributed by atoms with Crippen LogP contribution in [0.15, 0.2) is 12.7 Å². The van der Waals surface area contributed by atoms with Gasteiger partial charge in [0.15, 0.2) is 0 Å². The Labute approximate surface area is 149 Å². The number of rotatable bonds is 5. The second-order valence-corrected chi connectivity index (χ2v) is 7.41. The standard InChI is InChI=1S/C18H28N6O/c1-13(2)9-23-15(4)17(14(3)21-23)8-18(25)22-7-5-6-16(10-22)24-12-19-11-20-24/h11-13,16H,5-10H2,1-4H3. The molecule has 7 heteroatoms. The quantitative estimate of drug-likeness (QED) is 0.833. The Morgan fingerprint density at radius 3 is 2.84 bits per heavy atom. The van der Waals surface area contributed by atoms with E-state index in [1.54, 1.807) is 12.7 Å². The Morgan fingerprint density at radius 1 is 1.36 bits per heavy atom. The van der Waals surface area contributed by atoms with E-state index in [4.69, 9.17) is 0 Å². The van der Waals surface area contributed by atoms with Crippen LogP contribution in [0.25, 0.3) is 0 Å². The molecule has 25 heavy (non-hydrogen) atoms. The van der Waals surface area contributed by atoms with E-state index in [1.165, 1.54) is 0 Å². The molecule has 0 saturated carbocycles. The lowest BCUT2D eigenvalue weighted by molar-refractivity contribution is -0.132. The molecule has 0 aromatic carbocycles. The van der Waals surface area contributed by atoms with Crippen molar-refractivity contribution in [1.82, 2.24) is 29.4 Å². The third kappa shape index (κ3) is 3.91. The smallest absolute Gasteiger partial charge is 0.227 e. The largest absolute Gasteiger partial charge is 0.340 e. The van der Waals surface area contributed by atoms with Crippen molar-refractivity contribution in [2.45, 2.75) is 59.5 Å². The third-order valence-electron chi connectivity index (χ3n) is 4.96. The van der Waals surface area contributed by atoms with Crippen LogP contribution < -0.4 is 0 Å². The van der Waals surface area contributed by atoms with Crippen LogP contribution in [0.1, 0.15) is 49.7 Å². The van der Waals surface area contributed by atoms with Gasteiger partial charge in [0, 0.05) is 30.9 Å². The number of hydrogen-bond donors (Lipinski definition) is 0. The molecule has 1 saturated heterocycles. The zero-order valence-corrected chi connectivity index (χ0v) is 15.6. The Morgan fingerprint density at radius 2 is 2.16 bits per heavy atom. The molecule has 1 amide bonds. The van der Waals surface area contributed by atoms with Crippen LogP contribution in [0, 0.1) is 19.8 Å². The van der Waals surface area contributed by atoms with Gasteiger partial charge in [-0.15, -0.1) is 0 Å². The highest BCUT2D eigenvalue weighted by Gasteiger charge is 2.26. The molecule has 0 N–H and O–H groups in total. The Balaban J connectivity index is 1.69. The topological polar surface area (TPSA) is 68.8 Å². The molecular formula is C18H28N6O. The van der Waals surface area contributed by atoms with Crippen LogP contribution in [0.2, 0.25) is 0 Å². The van der Waals surface area contributed by atoms with Gasteiger partial charge in [0.2, 0.25) is 5.91 Å². The molecule has 3 rings (SSSR count). The molecule has 7 nitrogen and oxygen atoms in total. The Bertz CT molecular complexity index is 718. The molecule has 1 unspecified atom stereocenters. The summed E-state index contributed by atoms with van der Waals surface area (Å²) in [6, 6.07) is 0.228. The first kappa shape index (κ1) is 17.6. The monoisotopic (exact) mass is 344 g/mol. The van der Waals surface area contributed by atoms with Gasteiger partial charge in [-0.2, -0.15) is 10.2 Å². The predicted molar refractivity (Wildman–Crippen MR) is 95.1 cm³/mol. The third-order valence-corrected chi connectivity index (χ3v) is 4.96. The summed E-state index contributed by atoms with van der Waals surface area (Å²) >= 11 is 0. The highest BCUT2D eigenvalue weighted by Crippen LogP contribution is 2.22. The van der Waals surface area contributed by atoms with Gasteiger partial charge in [-0.25, -0.2) is 9.67 Å². The normalized spacial score (nSPS) is 18.1. The fourth-order valence-corrected chi connectivity index (χ4v) is 3.58. The second kappa shape index (κ2) is 7.37. The number of piperidine rings is 1. The van der Waals surface area contributed by atoms with Gasteiger partial charge in [0.25, 0.3) is 0 Å². The lowest BCUT2D eigenvalue weighted by Gasteiger charge is -2.32. The van der Waals surface area contributed by atoms with Crippen LogP contribution in [0.4, 0.5) is 0 Å². The molecule has 2 aromatic heterocycles. The molecule has 1 aliphatic rings. The molecule has 0 bridgehead atoms. The summed E-state index contributed by atoms with van der Waals surface area (Å²) in [6.07, 6.45) is 5.76. The average molecular weight is 344 g/mol. The Kier molecular flexibility index (Phi) is 5.20. The predicted octanol–water partition coefficient (Wildman–Crippen LogP) is 2.15. The van der Waals surface area contributed by atoms with Gasteiger partial charge in [0.1, 0.15) is 12.7 Å². The molecule has 2 aromatic rings. The highest BCUT2D eigenvalue weighted by atomic mass is 16.2. The number of hydrogen-bond acceptors (Lipinski definition) is 4. The number of amides is 1. The van der Waals surface area contributed by atoms with Crippen LogP contribution in [0.3, 0.4) is 0 Å². The molecule has 3 heterocycles. The van der Waals surface area contributed by atoms with E-state index < -0.39 is 0 Å². The molecule has 1 fully saturated rings. The van der Waals surface area contributed by atoms with Gasteiger partial charge in [-0.3, -0.25) is 9.48 Å². The van der Waals surface area contributed by atoms with Gasteiger partial charge >= 0.3 is 0 Å². The molecule has 0 aliphatic carbocycles. The number of carbonyl (C=O) groups is 1. The maximum Gasteiger partial charge on any atom is 0.227 e. The van der Waals surface area contributed by atoms with Gasteiger partial charge < -0.3 is 4.90 Å². The molecule has 136 valence electrons. The minimum absolute atomic E-state index is 0.181. The summed E-state index contributed by atoms with van der Waals surface area (Å²) in [4.78, 5) is 18.9. The SMILES string of the molecule is Cc1nn(CC(C)C)c(C)c1CC(=O)N1CCCC(n2cncn2)C1. The van der Waals surface area contributed by atoms with Crippen molar-refractivity contribution in [2.75, 3.05) is 13.1 Å². The zero-order valence-electron chi connectivity index (χ0n) is 15.6. The van der Waals surface area contributed by atoms with Gasteiger partial charge in [-0.05, 0) is 32.6 Å². The second-order valence-electron chi connectivity index (χ2n) is 7.41. The minimum atomic E-state index is 0.181. The van der Waals surface area contributed by atoms with Gasteiger partial charge in [0.05, 0.1) is 18.2 Å². The number of aromatic nitrogens is 5. The fraction of sp³-hybridized carbons (Fsp3) is 0.667. The van der Waals surface area contributed by atoms with Crippen molar-refractivity contribution in [3.63, 3.8) is 0 Å². The summed E-state index contributed by atoms with van der Waals surface area (Å²) in [6.45, 7) is 10.8. The van der Waals surface area contributed by atoms with E-state index in [-0.39, 0.29) is 11.9 Å².